The largest absolute Gasteiger partial charge is 0.494 e. The van der Waals surface area contributed by atoms with Crippen LogP contribution in [0.1, 0.15) is 25.0 Å². The van der Waals surface area contributed by atoms with Crippen LogP contribution in [0.15, 0.2) is 41.4 Å². The topological polar surface area (TPSA) is 64.1 Å². The molecule has 0 aliphatic carbocycles. The van der Waals surface area contributed by atoms with E-state index in [1.807, 2.05) is 38.1 Å². The number of guanidine groups is 1. The lowest BCUT2D eigenvalue weighted by Gasteiger charge is -2.14. The maximum absolute atomic E-state index is 13.8. The van der Waals surface area contributed by atoms with Crippen LogP contribution in [0.3, 0.4) is 0 Å². The van der Waals surface area contributed by atoms with E-state index in [4.69, 9.17) is 14.2 Å². The zero-order chi connectivity index (χ0) is 21.1. The van der Waals surface area contributed by atoms with Crippen molar-refractivity contribution in [3.05, 3.63) is 53.3 Å². The highest BCUT2D eigenvalue weighted by molar-refractivity contribution is 14.0. The summed E-state index contributed by atoms with van der Waals surface area (Å²) in [6.07, 6.45) is 0.796. The summed E-state index contributed by atoms with van der Waals surface area (Å²) in [6.45, 7) is 6.24. The summed E-state index contributed by atoms with van der Waals surface area (Å²) in [7, 11) is 3.15. The lowest BCUT2D eigenvalue weighted by Crippen LogP contribution is -2.37. The van der Waals surface area contributed by atoms with Gasteiger partial charge in [0.05, 0.1) is 20.3 Å². The normalized spacial score (nSPS) is 10.8. The van der Waals surface area contributed by atoms with Gasteiger partial charge < -0.3 is 24.8 Å². The van der Waals surface area contributed by atoms with E-state index >= 15 is 0 Å². The number of halogens is 2. The third-order valence-electron chi connectivity index (χ3n) is 4.21. The standard InChI is InChI=1S/C22H30FN3O3.HI/c1-5-28-20-10-7-16(14-21(20)29-6-2)11-12-25-22(24-3)26-15-17-8-9-19(27-4)18(23)13-17;/h7-10,13-14H,5-6,11-12,15H2,1-4H3,(H2,24,25,26);1H. The van der Waals surface area contributed by atoms with Gasteiger partial charge in [0.1, 0.15) is 0 Å². The summed E-state index contributed by atoms with van der Waals surface area (Å²) in [4.78, 5) is 4.21. The number of hydrogen-bond donors (Lipinski definition) is 2. The van der Waals surface area contributed by atoms with Crippen LogP contribution in [0.5, 0.6) is 17.2 Å². The van der Waals surface area contributed by atoms with Gasteiger partial charge in [-0.15, -0.1) is 24.0 Å². The van der Waals surface area contributed by atoms with Crippen LogP contribution in [-0.2, 0) is 13.0 Å². The molecule has 0 radical (unpaired) electrons. The van der Waals surface area contributed by atoms with Crippen molar-refractivity contribution in [2.45, 2.75) is 26.8 Å². The molecular weight excluding hydrogens is 500 g/mol. The second kappa shape index (κ2) is 13.9. The Morgan fingerprint density at radius 2 is 1.60 bits per heavy atom. The fraction of sp³-hybridized carbons (Fsp3) is 0.409. The molecule has 0 atom stereocenters. The van der Waals surface area contributed by atoms with E-state index in [1.54, 1.807) is 13.1 Å². The predicted molar refractivity (Wildman–Crippen MR) is 129 cm³/mol. The van der Waals surface area contributed by atoms with Gasteiger partial charge >= 0.3 is 0 Å². The predicted octanol–water partition coefficient (Wildman–Crippen LogP) is 4.16. The van der Waals surface area contributed by atoms with Gasteiger partial charge in [0.25, 0.3) is 0 Å². The Morgan fingerprint density at radius 1 is 0.933 bits per heavy atom. The SMILES string of the molecule is CCOc1ccc(CCNC(=NC)NCc2ccc(OC)c(F)c2)cc1OCC.I. The van der Waals surface area contributed by atoms with Crippen LogP contribution in [0, 0.1) is 5.82 Å². The zero-order valence-electron chi connectivity index (χ0n) is 18.0. The molecule has 0 bridgehead atoms. The van der Waals surface area contributed by atoms with E-state index in [0.29, 0.717) is 32.3 Å². The van der Waals surface area contributed by atoms with Gasteiger partial charge in [0.2, 0.25) is 0 Å². The van der Waals surface area contributed by atoms with Crippen LogP contribution in [0.2, 0.25) is 0 Å². The minimum atomic E-state index is -0.379. The van der Waals surface area contributed by atoms with Crippen LogP contribution in [0.25, 0.3) is 0 Å². The molecular formula is C22H31FIN3O3. The molecule has 0 aromatic heterocycles. The van der Waals surface area contributed by atoms with Crippen molar-refractivity contribution in [1.82, 2.24) is 10.6 Å². The van der Waals surface area contributed by atoms with Crippen molar-refractivity contribution < 1.29 is 18.6 Å². The fourth-order valence-electron chi connectivity index (χ4n) is 2.80. The first kappa shape index (κ1) is 25.8. The Bertz CT molecular complexity index is 818. The second-order valence-corrected chi connectivity index (χ2v) is 6.22. The molecule has 0 spiro atoms. The molecule has 0 aliphatic rings. The van der Waals surface area contributed by atoms with Crippen LogP contribution in [0.4, 0.5) is 4.39 Å². The average molecular weight is 531 g/mol. The third kappa shape index (κ3) is 7.89. The number of benzene rings is 2. The van der Waals surface area contributed by atoms with Crippen molar-refractivity contribution in [2.24, 2.45) is 4.99 Å². The van der Waals surface area contributed by atoms with E-state index in [2.05, 4.69) is 15.6 Å². The number of hydrogen-bond acceptors (Lipinski definition) is 4. The highest BCUT2D eigenvalue weighted by Gasteiger charge is 2.07. The highest BCUT2D eigenvalue weighted by Crippen LogP contribution is 2.28. The molecule has 6 nitrogen and oxygen atoms in total. The zero-order valence-corrected chi connectivity index (χ0v) is 20.3. The van der Waals surface area contributed by atoms with Gasteiger partial charge in [-0.05, 0) is 55.7 Å². The van der Waals surface area contributed by atoms with Gasteiger partial charge in [-0.1, -0.05) is 12.1 Å². The summed E-state index contributed by atoms with van der Waals surface area (Å²) < 4.78 is 30.0. The van der Waals surface area contributed by atoms with Gasteiger partial charge in [-0.25, -0.2) is 4.39 Å². The summed E-state index contributed by atoms with van der Waals surface area (Å²) >= 11 is 0. The van der Waals surface area contributed by atoms with Crippen molar-refractivity contribution >= 4 is 29.9 Å². The molecule has 2 rings (SSSR count). The molecule has 2 aromatic carbocycles. The first-order chi connectivity index (χ1) is 14.1. The number of nitrogens with zero attached hydrogens (tertiary/aromatic N) is 1. The smallest absolute Gasteiger partial charge is 0.191 e. The first-order valence-electron chi connectivity index (χ1n) is 9.76. The van der Waals surface area contributed by atoms with E-state index in [1.165, 1.54) is 13.2 Å². The molecule has 30 heavy (non-hydrogen) atoms. The van der Waals surface area contributed by atoms with E-state index in [-0.39, 0.29) is 35.5 Å². The molecule has 166 valence electrons. The maximum atomic E-state index is 13.8. The van der Waals surface area contributed by atoms with Crippen LogP contribution < -0.4 is 24.8 Å². The third-order valence-corrected chi connectivity index (χ3v) is 4.21. The summed E-state index contributed by atoms with van der Waals surface area (Å²) in [5.41, 5.74) is 1.94. The number of ether oxygens (including phenoxy) is 3. The molecule has 0 unspecified atom stereocenters. The van der Waals surface area contributed by atoms with E-state index < -0.39 is 0 Å². The van der Waals surface area contributed by atoms with E-state index in [0.717, 1.165) is 29.0 Å². The van der Waals surface area contributed by atoms with Crippen molar-refractivity contribution in [2.75, 3.05) is 33.9 Å². The van der Waals surface area contributed by atoms with Gasteiger partial charge in [0.15, 0.2) is 29.0 Å². The van der Waals surface area contributed by atoms with Gasteiger partial charge in [-0.2, -0.15) is 0 Å². The van der Waals surface area contributed by atoms with E-state index in [9.17, 15) is 4.39 Å². The van der Waals surface area contributed by atoms with Gasteiger partial charge in [-0.3, -0.25) is 4.99 Å². The van der Waals surface area contributed by atoms with Gasteiger partial charge in [0, 0.05) is 20.1 Å². The molecule has 0 fully saturated rings. The Labute approximate surface area is 195 Å². The maximum Gasteiger partial charge on any atom is 0.191 e. The lowest BCUT2D eigenvalue weighted by molar-refractivity contribution is 0.287. The number of aliphatic imine (C=N–C) groups is 1. The minimum Gasteiger partial charge on any atom is -0.494 e. The highest BCUT2D eigenvalue weighted by atomic mass is 127. The summed E-state index contributed by atoms with van der Waals surface area (Å²) in [6, 6.07) is 10.9. The number of nitrogens with one attached hydrogen (secondary N) is 2. The molecule has 0 aliphatic heterocycles. The summed E-state index contributed by atoms with van der Waals surface area (Å²) in [5, 5.41) is 6.45. The molecule has 0 saturated heterocycles. The summed E-state index contributed by atoms with van der Waals surface area (Å²) in [5.74, 6) is 2.02. The fourth-order valence-corrected chi connectivity index (χ4v) is 2.80. The number of rotatable bonds is 10. The minimum absolute atomic E-state index is 0. The molecule has 2 N–H and O–H groups in total. The second-order valence-electron chi connectivity index (χ2n) is 6.22. The van der Waals surface area contributed by atoms with Crippen molar-refractivity contribution in [3.8, 4) is 17.2 Å². The Hall–Kier alpha value is -2.23. The molecule has 0 amide bonds. The Morgan fingerprint density at radius 3 is 2.23 bits per heavy atom. The molecule has 8 heteroatoms. The molecule has 2 aromatic rings. The lowest BCUT2D eigenvalue weighted by atomic mass is 10.1. The van der Waals surface area contributed by atoms with Crippen molar-refractivity contribution in [3.63, 3.8) is 0 Å². The Kier molecular flexibility index (Phi) is 12.0. The quantitative estimate of drug-likeness (QED) is 0.274. The monoisotopic (exact) mass is 531 g/mol. The average Bonchev–Trinajstić information content (AvgIpc) is 2.72. The molecule has 0 saturated carbocycles. The van der Waals surface area contributed by atoms with Crippen molar-refractivity contribution in [1.29, 1.82) is 0 Å². The van der Waals surface area contributed by atoms with Crippen LogP contribution >= 0.6 is 24.0 Å². The first-order valence-corrected chi connectivity index (χ1v) is 9.76. The van der Waals surface area contributed by atoms with Crippen LogP contribution in [-0.4, -0.2) is 39.9 Å². The molecule has 0 heterocycles. The Balaban J connectivity index is 0.00000450. The number of methoxy groups -OCH3 is 1.